The molecule has 13 heavy (non-hydrogen) atoms. The maximum absolute atomic E-state index is 5.57. The van der Waals surface area contributed by atoms with Gasteiger partial charge in [0.05, 0.1) is 12.2 Å². The number of aromatic nitrogens is 1. The Kier molecular flexibility index (Phi) is 5.23. The monoisotopic (exact) mass is 343 g/mol. The van der Waals surface area contributed by atoms with Crippen LogP contribution in [0.15, 0.2) is 23.7 Å². The van der Waals surface area contributed by atoms with E-state index in [2.05, 4.69) is 27.6 Å². The molecule has 0 atom stereocenters. The lowest BCUT2D eigenvalue weighted by Crippen LogP contribution is -1.56. The van der Waals surface area contributed by atoms with Crippen LogP contribution in [0, 0.1) is 9.81 Å². The topological polar surface area (TPSA) is 12.9 Å². The Morgan fingerprint density at radius 2 is 2.23 bits per heavy atom. The first-order valence-corrected chi connectivity index (χ1v) is 6.60. The zero-order valence-electron chi connectivity index (χ0n) is 6.83. The highest BCUT2D eigenvalue weighted by molar-refractivity contribution is 14.1. The van der Waals surface area contributed by atoms with Crippen molar-refractivity contribution in [2.45, 2.75) is 6.92 Å². The summed E-state index contributed by atoms with van der Waals surface area (Å²) in [5.74, 6) is 0. The fourth-order valence-electron chi connectivity index (χ4n) is 0.587. The van der Waals surface area contributed by atoms with Crippen molar-refractivity contribution in [1.29, 1.82) is 0 Å². The number of nitrogens with zero attached hydrogens (tertiary/aromatic N) is 1. The normalized spacial score (nSPS) is 9.15. The van der Waals surface area contributed by atoms with E-state index in [-0.39, 0.29) is 0 Å². The smallest absolute Gasteiger partial charge is 0.0939 e. The van der Waals surface area contributed by atoms with Gasteiger partial charge < -0.3 is 0 Å². The molecule has 0 aromatic carbocycles. The van der Waals surface area contributed by atoms with E-state index in [9.17, 15) is 0 Å². The van der Waals surface area contributed by atoms with Crippen molar-refractivity contribution in [2.24, 2.45) is 0 Å². The van der Waals surface area contributed by atoms with Crippen LogP contribution in [0.1, 0.15) is 5.01 Å². The second-order valence-electron chi connectivity index (χ2n) is 2.09. The summed E-state index contributed by atoms with van der Waals surface area (Å²) >= 11 is 11.1. The molecule has 1 nitrogen and oxygen atoms in total. The third kappa shape index (κ3) is 4.95. The van der Waals surface area contributed by atoms with Crippen molar-refractivity contribution < 1.29 is 0 Å². The Labute approximate surface area is 104 Å². The minimum Gasteiger partial charge on any atom is -0.250 e. The van der Waals surface area contributed by atoms with Crippen molar-refractivity contribution >= 4 is 56.9 Å². The summed E-state index contributed by atoms with van der Waals surface area (Å²) in [5.41, 5.74) is 0. The zero-order chi connectivity index (χ0) is 9.68. The summed E-state index contributed by atoms with van der Waals surface area (Å²) in [7, 11) is 0. The zero-order valence-corrected chi connectivity index (χ0v) is 11.4. The quantitative estimate of drug-likeness (QED) is 0.644. The average molecular weight is 344 g/mol. The van der Waals surface area contributed by atoms with Gasteiger partial charge in [0, 0.05) is 11.6 Å². The molecule has 70 valence electrons. The highest BCUT2D eigenvalue weighted by Crippen LogP contribution is 2.22. The molecule has 2 aromatic rings. The summed E-state index contributed by atoms with van der Waals surface area (Å²) in [6.45, 7) is 1.99. The van der Waals surface area contributed by atoms with Crippen LogP contribution >= 0.6 is 56.9 Å². The number of hydrogen-bond donors (Lipinski definition) is 0. The minimum absolute atomic E-state index is 0.865. The van der Waals surface area contributed by atoms with Crippen LogP contribution in [0.2, 0.25) is 4.34 Å². The van der Waals surface area contributed by atoms with Crippen LogP contribution in [0.4, 0.5) is 0 Å². The molecule has 0 spiro atoms. The Morgan fingerprint density at radius 1 is 1.46 bits per heavy atom. The third-order valence-electron chi connectivity index (χ3n) is 1.10. The van der Waals surface area contributed by atoms with E-state index < -0.39 is 0 Å². The fraction of sp³-hybridized carbons (Fsp3) is 0.125. The van der Waals surface area contributed by atoms with Crippen LogP contribution in [-0.2, 0) is 0 Å². The summed E-state index contributed by atoms with van der Waals surface area (Å²) in [4.78, 5) is 3.94. The second-order valence-corrected chi connectivity index (χ2v) is 6.80. The Morgan fingerprint density at radius 3 is 2.38 bits per heavy atom. The molecule has 0 aliphatic carbocycles. The van der Waals surface area contributed by atoms with E-state index in [1.54, 1.807) is 28.9 Å². The van der Waals surface area contributed by atoms with Gasteiger partial charge in [0.15, 0.2) is 0 Å². The van der Waals surface area contributed by atoms with Gasteiger partial charge in [0.2, 0.25) is 0 Å². The molecule has 0 N–H and O–H groups in total. The molecule has 0 saturated heterocycles. The van der Waals surface area contributed by atoms with E-state index in [0.717, 1.165) is 9.34 Å². The van der Waals surface area contributed by atoms with Crippen molar-refractivity contribution in [1.82, 2.24) is 4.98 Å². The van der Waals surface area contributed by atoms with Gasteiger partial charge in [-0.15, -0.1) is 22.7 Å². The van der Waals surface area contributed by atoms with Crippen molar-refractivity contribution in [3.63, 3.8) is 0 Å². The van der Waals surface area contributed by atoms with E-state index in [4.69, 9.17) is 11.6 Å². The Balaban J connectivity index is 0.000000132. The van der Waals surface area contributed by atoms with Gasteiger partial charge in [-0.2, -0.15) is 0 Å². The van der Waals surface area contributed by atoms with Gasteiger partial charge >= 0.3 is 0 Å². The van der Waals surface area contributed by atoms with E-state index in [1.165, 1.54) is 2.88 Å². The minimum atomic E-state index is 0.865. The number of thiophene rings is 1. The largest absolute Gasteiger partial charge is 0.250 e. The maximum Gasteiger partial charge on any atom is 0.0939 e. The molecule has 0 amide bonds. The SMILES string of the molecule is Cc1nccs1.Clc1ccc(I)s1. The molecule has 5 heteroatoms. The summed E-state index contributed by atoms with van der Waals surface area (Å²) < 4.78 is 2.10. The van der Waals surface area contributed by atoms with E-state index in [0.29, 0.717) is 0 Å². The predicted molar refractivity (Wildman–Crippen MR) is 68.9 cm³/mol. The van der Waals surface area contributed by atoms with Crippen LogP contribution in [-0.4, -0.2) is 4.98 Å². The molecule has 0 unspecified atom stereocenters. The van der Waals surface area contributed by atoms with Crippen LogP contribution in [0.25, 0.3) is 0 Å². The molecule has 0 fully saturated rings. The fourth-order valence-corrected chi connectivity index (χ4v) is 3.08. The maximum atomic E-state index is 5.57. The molecule has 0 saturated carbocycles. The van der Waals surface area contributed by atoms with Gasteiger partial charge in [0.25, 0.3) is 0 Å². The van der Waals surface area contributed by atoms with E-state index >= 15 is 0 Å². The van der Waals surface area contributed by atoms with Crippen molar-refractivity contribution in [3.05, 3.63) is 35.9 Å². The molecule has 0 radical (unpaired) electrons. The first-order chi connectivity index (χ1) is 6.18. The summed E-state index contributed by atoms with van der Waals surface area (Å²) in [6, 6.07) is 3.89. The third-order valence-corrected chi connectivity index (χ3v) is 3.84. The number of rotatable bonds is 0. The van der Waals surface area contributed by atoms with Gasteiger partial charge in [-0.3, -0.25) is 4.98 Å². The van der Waals surface area contributed by atoms with Crippen molar-refractivity contribution in [2.75, 3.05) is 0 Å². The number of aryl methyl sites for hydroxylation is 1. The lowest BCUT2D eigenvalue weighted by atomic mass is 10.7. The molecule has 2 aromatic heterocycles. The average Bonchev–Trinajstić information content (AvgIpc) is 2.64. The molecular formula is C8H7ClINS2. The first-order valence-electron chi connectivity index (χ1n) is 3.45. The second kappa shape index (κ2) is 5.95. The van der Waals surface area contributed by atoms with Crippen LogP contribution in [0.5, 0.6) is 0 Å². The van der Waals surface area contributed by atoms with Crippen LogP contribution in [0.3, 0.4) is 0 Å². The number of halogens is 2. The number of hydrogen-bond acceptors (Lipinski definition) is 3. The van der Waals surface area contributed by atoms with Crippen LogP contribution < -0.4 is 0 Å². The number of thiazole rings is 1. The van der Waals surface area contributed by atoms with Crippen molar-refractivity contribution in [3.8, 4) is 0 Å². The van der Waals surface area contributed by atoms with E-state index in [1.807, 2.05) is 24.4 Å². The lowest BCUT2D eigenvalue weighted by molar-refractivity contribution is 1.30. The summed E-state index contributed by atoms with van der Waals surface area (Å²) in [6.07, 6.45) is 1.81. The van der Waals surface area contributed by atoms with Gasteiger partial charge in [-0.1, -0.05) is 11.6 Å². The highest BCUT2D eigenvalue weighted by Gasteiger charge is 1.88. The predicted octanol–water partition coefficient (Wildman–Crippen LogP) is 4.46. The highest BCUT2D eigenvalue weighted by atomic mass is 127. The summed E-state index contributed by atoms with van der Waals surface area (Å²) in [5, 5.41) is 3.10. The van der Waals surface area contributed by atoms with Gasteiger partial charge in [-0.05, 0) is 41.6 Å². The lowest BCUT2D eigenvalue weighted by Gasteiger charge is -1.67. The molecule has 0 bridgehead atoms. The molecule has 0 aliphatic rings. The Hall–Kier alpha value is 0.350. The molecule has 2 heterocycles. The Bertz CT molecular complexity index is 328. The molecule has 2 rings (SSSR count). The van der Waals surface area contributed by atoms with Gasteiger partial charge in [0.1, 0.15) is 0 Å². The molecule has 0 aliphatic heterocycles. The first kappa shape index (κ1) is 11.4. The van der Waals surface area contributed by atoms with Gasteiger partial charge in [-0.25, -0.2) is 0 Å². The molecular weight excluding hydrogens is 337 g/mol. The standard InChI is InChI=1S/C4H2ClIS.C4H5NS/c5-3-1-2-4(6)7-3;1-4-5-2-3-6-4/h1-2H;2-3H,1H3.